The first-order chi connectivity index (χ1) is 17.2. The molecule has 0 saturated heterocycles. The molecule has 28 heteroatoms. The molecule has 1 aromatic carbocycles. The summed E-state index contributed by atoms with van der Waals surface area (Å²) in [5.41, 5.74) is -0.474. The van der Waals surface area contributed by atoms with Gasteiger partial charge in [0.1, 0.15) is 42.5 Å². The Morgan fingerprint density at radius 3 is 1.43 bits per heavy atom. The number of carbonyl (C=O) groups excluding carboxylic acids is 1. The van der Waals surface area contributed by atoms with Gasteiger partial charge in [-0.25, -0.2) is 38.5 Å². The van der Waals surface area contributed by atoms with Gasteiger partial charge in [0.05, 0.1) is 20.3 Å². The molecule has 0 aliphatic carbocycles. The first-order valence-electron chi connectivity index (χ1n) is 9.14. The van der Waals surface area contributed by atoms with Gasteiger partial charge in [-0.3, -0.25) is 16.7 Å². The maximum atomic E-state index is 12.1. The third kappa shape index (κ3) is 24.9. The van der Waals surface area contributed by atoms with Crippen molar-refractivity contribution in [1.82, 2.24) is 0 Å². The molecule has 0 bridgehead atoms. The summed E-state index contributed by atoms with van der Waals surface area (Å²) >= 11 is 0. The number of ether oxygens (including phenoxy) is 3. The second-order valence-electron chi connectivity index (χ2n) is 6.41. The predicted molar refractivity (Wildman–Crippen MR) is 109 cm³/mol. The number of carbonyl (C=O) groups is 1. The van der Waals surface area contributed by atoms with Gasteiger partial charge in [-0.05, 0) is 18.2 Å². The van der Waals surface area contributed by atoms with Gasteiger partial charge in [-0.2, -0.15) is 0 Å². The van der Waals surface area contributed by atoms with E-state index in [2.05, 4.69) is 21.5 Å². The van der Waals surface area contributed by atoms with Crippen molar-refractivity contribution in [2.24, 2.45) is 0 Å². The SMILES string of the molecule is COC(=O)c1cc(OC[C@H](COS(=O)(=O)[O-])OS(=O)(=O)[O-])ccc1OC[C@@H](COS(=O)(=O)[O-])OS(=O)(=O)[O-].[Na+].[Na+].[Na+].[Na+]. The molecule has 1 aromatic rings. The molecule has 0 aliphatic rings. The van der Waals surface area contributed by atoms with Crippen molar-refractivity contribution in [3.05, 3.63) is 23.8 Å². The van der Waals surface area contributed by atoms with Crippen LogP contribution in [0.2, 0.25) is 0 Å². The van der Waals surface area contributed by atoms with E-state index < -0.39 is 97.5 Å². The van der Waals surface area contributed by atoms with Crippen LogP contribution in [0.25, 0.3) is 0 Å². The topological polar surface area (TPSA) is 310 Å². The van der Waals surface area contributed by atoms with Gasteiger partial charge >= 0.3 is 124 Å². The second-order valence-corrected chi connectivity index (χ2v) is 10.5. The zero-order valence-corrected chi connectivity index (χ0v) is 33.8. The Hall–Kier alpha value is 1.77. The molecule has 1 rings (SSSR count). The maximum Gasteiger partial charge on any atom is 1.00 e. The molecule has 42 heavy (non-hydrogen) atoms. The van der Waals surface area contributed by atoms with Crippen molar-refractivity contribution in [1.29, 1.82) is 0 Å². The van der Waals surface area contributed by atoms with Gasteiger partial charge in [0, 0.05) is 0 Å². The third-order valence-electron chi connectivity index (χ3n) is 3.52. The van der Waals surface area contributed by atoms with E-state index in [0.717, 1.165) is 25.3 Å². The Bertz CT molecular complexity index is 1400. The molecule has 0 heterocycles. The number of benzene rings is 1. The van der Waals surface area contributed by atoms with Crippen molar-refractivity contribution in [2.75, 3.05) is 33.5 Å². The van der Waals surface area contributed by atoms with Gasteiger partial charge in [0.25, 0.3) is 0 Å². The third-order valence-corrected chi connectivity index (χ3v) is 5.39. The van der Waals surface area contributed by atoms with Gasteiger partial charge < -0.3 is 32.4 Å². The fourth-order valence-corrected chi connectivity index (χ4v) is 3.75. The summed E-state index contributed by atoms with van der Waals surface area (Å²) in [5.74, 6) is -1.83. The molecule has 0 fully saturated rings. The van der Waals surface area contributed by atoms with Crippen molar-refractivity contribution < 1.29 is 206 Å². The number of hydrogen-bond acceptors (Lipinski definition) is 20. The van der Waals surface area contributed by atoms with E-state index in [4.69, 9.17) is 9.47 Å². The Morgan fingerprint density at radius 1 is 0.667 bits per heavy atom. The number of rotatable bonds is 17. The largest absolute Gasteiger partial charge is 1.00 e. The van der Waals surface area contributed by atoms with Crippen LogP contribution in [0.1, 0.15) is 10.4 Å². The van der Waals surface area contributed by atoms with E-state index in [-0.39, 0.29) is 124 Å². The van der Waals surface area contributed by atoms with E-state index in [0.29, 0.717) is 0 Å². The molecule has 220 valence electrons. The van der Waals surface area contributed by atoms with Crippen molar-refractivity contribution in [3.63, 3.8) is 0 Å². The molecule has 2 atom stereocenters. The van der Waals surface area contributed by atoms with Crippen LogP contribution < -0.4 is 128 Å². The fourth-order valence-electron chi connectivity index (χ4n) is 2.23. The van der Waals surface area contributed by atoms with Crippen LogP contribution in [0.3, 0.4) is 0 Å². The van der Waals surface area contributed by atoms with Crippen LogP contribution in [0.15, 0.2) is 18.2 Å². The standard InChI is InChI=1S/C14H20O20S4.4Na/c1-28-14(15)12-4-9(29-5-10(33-37(22,23)24)7-31-35(16,17)18)2-3-13(12)30-6-11(34-38(25,26)27)8-32-36(19,20)21;;;;/h2-4,10-11H,5-8H2,1H3,(H,16,17,18)(H,19,20,21)(H,22,23,24)(H,25,26,27);;;;/q;4*+1/p-4/t10-,11+;;;;/m1..../s1. The first kappa shape index (κ1) is 50.6. The summed E-state index contributed by atoms with van der Waals surface area (Å²) in [6, 6.07) is 2.87. The summed E-state index contributed by atoms with van der Waals surface area (Å²) in [5, 5.41) is 0. The van der Waals surface area contributed by atoms with Crippen molar-refractivity contribution in [3.8, 4) is 11.5 Å². The summed E-state index contributed by atoms with van der Waals surface area (Å²) in [7, 11) is -20.6. The van der Waals surface area contributed by atoms with Crippen molar-refractivity contribution >= 4 is 47.6 Å². The summed E-state index contributed by atoms with van der Waals surface area (Å²) in [6.07, 6.45) is -3.92. The number of hydrogen-bond donors (Lipinski definition) is 0. The van der Waals surface area contributed by atoms with E-state index in [1.54, 1.807) is 0 Å². The zero-order valence-electron chi connectivity index (χ0n) is 22.5. The minimum Gasteiger partial charge on any atom is -0.726 e. The van der Waals surface area contributed by atoms with Crippen LogP contribution in [-0.2, 0) is 63.1 Å². The molecule has 20 nitrogen and oxygen atoms in total. The van der Waals surface area contributed by atoms with Gasteiger partial charge in [0.2, 0.25) is 41.6 Å². The van der Waals surface area contributed by atoms with Crippen LogP contribution in [0.5, 0.6) is 11.5 Å². The molecule has 0 aromatic heterocycles. The van der Waals surface area contributed by atoms with Crippen LogP contribution in [0, 0.1) is 0 Å². The molecule has 0 spiro atoms. The fraction of sp³-hybridized carbons (Fsp3) is 0.500. The summed E-state index contributed by atoms with van der Waals surface area (Å²) < 4.78 is 159. The molecule has 0 radical (unpaired) electrons. The number of esters is 1. The quantitative estimate of drug-likeness (QED) is 0.0623. The molecule has 0 saturated carbocycles. The van der Waals surface area contributed by atoms with Crippen molar-refractivity contribution in [2.45, 2.75) is 12.2 Å². The van der Waals surface area contributed by atoms with E-state index in [9.17, 15) is 56.7 Å². The maximum absolute atomic E-state index is 12.1. The van der Waals surface area contributed by atoms with Gasteiger partial charge in [0.15, 0.2) is 0 Å². The zero-order chi connectivity index (χ0) is 29.4. The summed E-state index contributed by atoms with van der Waals surface area (Å²) in [4.78, 5) is 12.1. The predicted octanol–water partition coefficient (Wildman–Crippen LogP) is -15.1. The minimum atomic E-state index is -5.44. The Labute approximate surface area is 329 Å². The smallest absolute Gasteiger partial charge is 0.726 e. The van der Waals surface area contributed by atoms with Gasteiger partial charge in [-0.1, -0.05) is 0 Å². The molecule has 0 aliphatic heterocycles. The summed E-state index contributed by atoms with van der Waals surface area (Å²) in [6.45, 7) is -4.41. The van der Waals surface area contributed by atoms with Crippen LogP contribution in [-0.4, -0.2) is 104 Å². The van der Waals surface area contributed by atoms with Crippen LogP contribution in [0.4, 0.5) is 0 Å². The van der Waals surface area contributed by atoms with E-state index in [1.165, 1.54) is 0 Å². The van der Waals surface area contributed by atoms with E-state index in [1.807, 2.05) is 0 Å². The minimum absolute atomic E-state index is 0. The molecule has 0 amide bonds. The average molecular weight is 724 g/mol. The molecule has 0 unspecified atom stereocenters. The number of methoxy groups -OCH3 is 1. The normalized spacial score (nSPS) is 13.1. The molecule has 0 N–H and O–H groups in total. The molecular weight excluding hydrogens is 708 g/mol. The Kier molecular flexibility index (Phi) is 26.9. The first-order valence-corrected chi connectivity index (χ1v) is 14.5. The average Bonchev–Trinajstić information content (AvgIpc) is 2.74. The Morgan fingerprint density at radius 2 is 1.07 bits per heavy atom. The second kappa shape index (κ2) is 22.4. The monoisotopic (exact) mass is 724 g/mol. The van der Waals surface area contributed by atoms with Crippen LogP contribution >= 0.6 is 0 Å². The van der Waals surface area contributed by atoms with Gasteiger partial charge in [-0.15, -0.1) is 0 Å². The van der Waals surface area contributed by atoms with E-state index >= 15 is 0 Å². The molecular formula is C14H16Na4O20S4. The Balaban J connectivity index is -0.00000180.